The van der Waals surface area contributed by atoms with Crippen molar-refractivity contribution in [2.24, 2.45) is 5.10 Å². The van der Waals surface area contributed by atoms with Gasteiger partial charge in [-0.05, 0) is 42.5 Å². The van der Waals surface area contributed by atoms with E-state index in [2.05, 4.69) is 41.6 Å². The van der Waals surface area contributed by atoms with Crippen LogP contribution in [0.15, 0.2) is 87.8 Å². The van der Waals surface area contributed by atoms with Gasteiger partial charge in [-0.15, -0.1) is 10.2 Å². The number of carboxylic acid groups (broad SMARTS) is 1. The molecule has 4 aromatic rings. The fourth-order valence-corrected chi connectivity index (χ4v) is 4.02. The molecule has 1 amide bonds. The van der Waals surface area contributed by atoms with Crippen molar-refractivity contribution in [1.82, 2.24) is 25.2 Å². The molecule has 0 aliphatic heterocycles. The van der Waals surface area contributed by atoms with Gasteiger partial charge in [0, 0.05) is 33.7 Å². The largest absolute Gasteiger partial charge is 0.478 e. The van der Waals surface area contributed by atoms with Crippen molar-refractivity contribution < 1.29 is 14.7 Å². The molecule has 0 saturated carbocycles. The molecule has 0 fully saturated rings. The minimum absolute atomic E-state index is 0.0307. The number of hydrogen-bond donors (Lipinski definition) is 2. The van der Waals surface area contributed by atoms with Crippen LogP contribution in [0, 0.1) is 0 Å². The van der Waals surface area contributed by atoms with E-state index in [1.165, 1.54) is 24.0 Å². The molecule has 0 bridgehead atoms. The molecule has 0 radical (unpaired) electrons. The molecule has 0 aliphatic rings. The molecule has 4 rings (SSSR count). The van der Waals surface area contributed by atoms with Crippen LogP contribution < -0.4 is 5.43 Å². The van der Waals surface area contributed by atoms with E-state index in [0.717, 1.165) is 15.7 Å². The maximum Gasteiger partial charge on any atom is 0.336 e. The van der Waals surface area contributed by atoms with E-state index >= 15 is 0 Å². The number of carboxylic acids is 1. The Kier molecular flexibility index (Phi) is 7.45. The van der Waals surface area contributed by atoms with Crippen LogP contribution in [-0.4, -0.2) is 48.7 Å². The summed E-state index contributed by atoms with van der Waals surface area (Å²) in [5.74, 6) is -0.787. The molecule has 0 unspecified atom stereocenters. The van der Waals surface area contributed by atoms with Crippen molar-refractivity contribution in [3.63, 3.8) is 0 Å². The van der Waals surface area contributed by atoms with E-state index < -0.39 is 5.97 Å². The number of nitrogens with zero attached hydrogens (tertiary/aromatic N) is 5. The lowest BCUT2D eigenvalue weighted by atomic mass is 10.1. The molecule has 170 valence electrons. The monoisotopic (exact) mass is 536 g/mol. The number of nitrogens with one attached hydrogen (secondary N) is 1. The summed E-state index contributed by atoms with van der Waals surface area (Å²) in [4.78, 5) is 27.7. The second kappa shape index (κ2) is 10.9. The standard InChI is InChI=1S/C23H17BrN6O3S/c24-17-5-7-18(8-6-17)30-21(15-9-11-25-12-10-15)28-29-23(30)34-14-20(31)27-26-13-16-3-1-2-4-19(16)22(32)33/h1-13H,14H2,(H,27,31)(H,32,33)/b26-13-. The van der Waals surface area contributed by atoms with Crippen molar-refractivity contribution in [3.8, 4) is 17.1 Å². The van der Waals surface area contributed by atoms with Gasteiger partial charge in [-0.25, -0.2) is 10.2 Å². The number of rotatable bonds is 8. The number of hydrogen-bond acceptors (Lipinski definition) is 7. The number of halogens is 1. The molecule has 2 aromatic heterocycles. The van der Waals surface area contributed by atoms with Gasteiger partial charge < -0.3 is 5.11 Å². The van der Waals surface area contributed by atoms with Gasteiger partial charge in [-0.3, -0.25) is 14.3 Å². The first-order valence-electron chi connectivity index (χ1n) is 9.91. The quantitative estimate of drug-likeness (QED) is 0.198. The molecule has 11 heteroatoms. The summed E-state index contributed by atoms with van der Waals surface area (Å²) in [6.45, 7) is 0. The van der Waals surface area contributed by atoms with Gasteiger partial charge in [0.05, 0.1) is 17.5 Å². The average Bonchev–Trinajstić information content (AvgIpc) is 3.28. The maximum absolute atomic E-state index is 12.4. The molecular formula is C23H17BrN6O3S. The summed E-state index contributed by atoms with van der Waals surface area (Å²) in [7, 11) is 0. The summed E-state index contributed by atoms with van der Waals surface area (Å²) in [5.41, 5.74) is 4.58. The third-order valence-electron chi connectivity index (χ3n) is 4.57. The number of thioether (sulfide) groups is 1. The minimum Gasteiger partial charge on any atom is -0.478 e. The first kappa shape index (κ1) is 23.3. The predicted molar refractivity (Wildman–Crippen MR) is 132 cm³/mol. The van der Waals surface area contributed by atoms with Crippen LogP contribution in [0.25, 0.3) is 17.1 Å². The molecule has 9 nitrogen and oxygen atoms in total. The predicted octanol–water partition coefficient (Wildman–Crippen LogP) is 4.03. The normalized spacial score (nSPS) is 11.0. The van der Waals surface area contributed by atoms with E-state index in [9.17, 15) is 14.7 Å². The van der Waals surface area contributed by atoms with Crippen LogP contribution in [0.4, 0.5) is 0 Å². The molecule has 0 aliphatic carbocycles. The second-order valence-corrected chi connectivity index (χ2v) is 8.69. The Morgan fingerprint density at radius 2 is 1.79 bits per heavy atom. The fraction of sp³-hybridized carbons (Fsp3) is 0.0435. The van der Waals surface area contributed by atoms with Crippen molar-refractivity contribution in [3.05, 3.63) is 88.7 Å². The lowest BCUT2D eigenvalue weighted by Crippen LogP contribution is -2.20. The Morgan fingerprint density at radius 1 is 1.06 bits per heavy atom. The third kappa shape index (κ3) is 5.56. The molecule has 0 spiro atoms. The number of hydrazone groups is 1. The molecule has 0 saturated heterocycles. The van der Waals surface area contributed by atoms with Crippen LogP contribution in [-0.2, 0) is 4.79 Å². The van der Waals surface area contributed by atoms with Gasteiger partial charge >= 0.3 is 5.97 Å². The molecule has 0 atom stereocenters. The summed E-state index contributed by atoms with van der Waals surface area (Å²) in [6.07, 6.45) is 4.66. The number of carbonyl (C=O) groups excluding carboxylic acids is 1. The van der Waals surface area contributed by atoms with Crippen molar-refractivity contribution in [1.29, 1.82) is 0 Å². The highest BCUT2D eigenvalue weighted by Gasteiger charge is 2.17. The van der Waals surface area contributed by atoms with Crippen molar-refractivity contribution in [2.45, 2.75) is 5.16 Å². The van der Waals surface area contributed by atoms with E-state index in [-0.39, 0.29) is 17.2 Å². The lowest BCUT2D eigenvalue weighted by Gasteiger charge is -2.10. The topological polar surface area (TPSA) is 122 Å². The average molecular weight is 537 g/mol. The van der Waals surface area contributed by atoms with E-state index in [0.29, 0.717) is 16.5 Å². The Hall–Kier alpha value is -3.83. The number of aromatic carboxylic acids is 1. The van der Waals surface area contributed by atoms with E-state index in [1.54, 1.807) is 30.6 Å². The third-order valence-corrected chi connectivity index (χ3v) is 6.03. The number of benzene rings is 2. The number of amides is 1. The van der Waals surface area contributed by atoms with Gasteiger partial charge in [0.1, 0.15) is 0 Å². The molecule has 2 heterocycles. The Morgan fingerprint density at radius 3 is 2.53 bits per heavy atom. The Bertz CT molecular complexity index is 1340. The summed E-state index contributed by atoms with van der Waals surface area (Å²) in [6, 6.07) is 17.7. The molecular weight excluding hydrogens is 520 g/mol. The Balaban J connectivity index is 1.50. The van der Waals surface area contributed by atoms with E-state index in [4.69, 9.17) is 0 Å². The highest BCUT2D eigenvalue weighted by atomic mass is 79.9. The van der Waals surface area contributed by atoms with Crippen molar-refractivity contribution >= 4 is 45.8 Å². The van der Waals surface area contributed by atoms with Crippen molar-refractivity contribution in [2.75, 3.05) is 5.75 Å². The van der Waals surface area contributed by atoms with Gasteiger partial charge in [-0.2, -0.15) is 5.10 Å². The van der Waals surface area contributed by atoms with Gasteiger partial charge in [0.15, 0.2) is 11.0 Å². The molecule has 2 N–H and O–H groups in total. The zero-order valence-electron chi connectivity index (χ0n) is 17.5. The molecule has 2 aromatic carbocycles. The van der Waals surface area contributed by atoms with Gasteiger partial charge in [-0.1, -0.05) is 45.9 Å². The second-order valence-electron chi connectivity index (χ2n) is 6.83. The Labute approximate surface area is 207 Å². The fourth-order valence-electron chi connectivity index (χ4n) is 3.01. The van der Waals surface area contributed by atoms with Crippen LogP contribution >= 0.6 is 27.7 Å². The SMILES string of the molecule is O=C(CSc1nnc(-c2ccncc2)n1-c1ccc(Br)cc1)N/N=C\c1ccccc1C(=O)O. The lowest BCUT2D eigenvalue weighted by molar-refractivity contribution is -0.118. The number of pyridine rings is 1. The summed E-state index contributed by atoms with van der Waals surface area (Å²) < 4.78 is 2.80. The van der Waals surface area contributed by atoms with Crippen LogP contribution in [0.3, 0.4) is 0 Å². The highest BCUT2D eigenvalue weighted by molar-refractivity contribution is 9.10. The summed E-state index contributed by atoms with van der Waals surface area (Å²) in [5, 5.41) is 22.3. The summed E-state index contributed by atoms with van der Waals surface area (Å²) >= 11 is 4.65. The first-order valence-corrected chi connectivity index (χ1v) is 11.7. The van der Waals surface area contributed by atoms with Gasteiger partial charge in [0.25, 0.3) is 5.91 Å². The van der Waals surface area contributed by atoms with E-state index in [1.807, 2.05) is 41.0 Å². The molecule has 34 heavy (non-hydrogen) atoms. The van der Waals surface area contributed by atoms with Crippen LogP contribution in [0.2, 0.25) is 0 Å². The van der Waals surface area contributed by atoms with Crippen LogP contribution in [0.1, 0.15) is 15.9 Å². The maximum atomic E-state index is 12.4. The van der Waals surface area contributed by atoms with Crippen LogP contribution in [0.5, 0.6) is 0 Å². The number of aromatic nitrogens is 4. The zero-order valence-corrected chi connectivity index (χ0v) is 19.9. The zero-order chi connectivity index (χ0) is 23.9. The minimum atomic E-state index is -1.07. The smallest absolute Gasteiger partial charge is 0.336 e. The first-order chi connectivity index (χ1) is 16.5. The van der Waals surface area contributed by atoms with Gasteiger partial charge in [0.2, 0.25) is 0 Å². The number of carbonyl (C=O) groups is 2. The highest BCUT2D eigenvalue weighted by Crippen LogP contribution is 2.28.